The Balaban J connectivity index is 2.12. The zero-order valence-electron chi connectivity index (χ0n) is 10.3. The van der Waals surface area contributed by atoms with Crippen LogP contribution in [0.25, 0.3) is 11.0 Å². The molecule has 0 fully saturated rings. The molecule has 0 atom stereocenters. The minimum Gasteiger partial charge on any atom is -0.449 e. The number of para-hydroxylation sites is 1. The van der Waals surface area contributed by atoms with E-state index in [0.717, 1.165) is 5.56 Å². The maximum absolute atomic E-state index is 13.5. The lowest BCUT2D eigenvalue weighted by atomic mass is 10.0. The van der Waals surface area contributed by atoms with Crippen molar-refractivity contribution in [1.82, 2.24) is 0 Å². The Morgan fingerprint density at radius 1 is 1.11 bits per heavy atom. The molecule has 0 amide bonds. The second-order valence-corrected chi connectivity index (χ2v) is 4.41. The highest BCUT2D eigenvalue weighted by molar-refractivity contribution is 6.09. The highest BCUT2D eigenvalue weighted by Crippen LogP contribution is 2.24. The summed E-state index contributed by atoms with van der Waals surface area (Å²) in [5, 5.41) is 0.594. The van der Waals surface area contributed by atoms with Gasteiger partial charge in [0, 0.05) is 10.9 Å². The van der Waals surface area contributed by atoms with Crippen molar-refractivity contribution < 1.29 is 13.6 Å². The molecule has 0 aliphatic heterocycles. The number of hydrogen-bond donors (Lipinski definition) is 0. The van der Waals surface area contributed by atoms with Crippen molar-refractivity contribution in [3.63, 3.8) is 0 Å². The first kappa shape index (κ1) is 11.7. The normalized spacial score (nSPS) is 10.8. The van der Waals surface area contributed by atoms with Crippen LogP contribution in [0.3, 0.4) is 0 Å². The van der Waals surface area contributed by atoms with Crippen molar-refractivity contribution in [2.45, 2.75) is 6.92 Å². The van der Waals surface area contributed by atoms with Crippen molar-refractivity contribution in [2.75, 3.05) is 0 Å². The number of ketones is 1. The molecule has 2 nitrogen and oxygen atoms in total. The molecule has 0 spiro atoms. The standard InChI is InChI=1S/C16H11FO2/c1-10-5-2-3-7-12(10)15(18)14-9-11-6-4-8-13(17)16(11)19-14/h2-9H,1H3. The highest BCUT2D eigenvalue weighted by Gasteiger charge is 2.17. The summed E-state index contributed by atoms with van der Waals surface area (Å²) >= 11 is 0. The number of carbonyl (C=O) groups excluding carboxylic acids is 1. The summed E-state index contributed by atoms with van der Waals surface area (Å²) in [5.41, 5.74) is 1.56. The summed E-state index contributed by atoms with van der Waals surface area (Å²) in [6.45, 7) is 1.86. The van der Waals surface area contributed by atoms with Gasteiger partial charge in [-0.3, -0.25) is 4.79 Å². The number of furan rings is 1. The van der Waals surface area contributed by atoms with Gasteiger partial charge in [0.15, 0.2) is 17.2 Å². The molecule has 3 rings (SSSR count). The molecule has 0 saturated carbocycles. The molecule has 0 saturated heterocycles. The third-order valence-electron chi connectivity index (χ3n) is 3.11. The SMILES string of the molecule is Cc1ccccc1C(=O)c1cc2cccc(F)c2o1. The number of hydrogen-bond acceptors (Lipinski definition) is 2. The van der Waals surface area contributed by atoms with Gasteiger partial charge in [0.05, 0.1) is 0 Å². The molecule has 3 aromatic rings. The van der Waals surface area contributed by atoms with Gasteiger partial charge in [0.25, 0.3) is 0 Å². The predicted octanol–water partition coefficient (Wildman–Crippen LogP) is 4.11. The summed E-state index contributed by atoms with van der Waals surface area (Å²) in [5.74, 6) is -0.524. The van der Waals surface area contributed by atoms with Gasteiger partial charge in [0.1, 0.15) is 0 Å². The molecule has 94 valence electrons. The Bertz CT molecular complexity index is 771. The van der Waals surface area contributed by atoms with E-state index in [1.807, 2.05) is 19.1 Å². The Morgan fingerprint density at radius 2 is 1.89 bits per heavy atom. The van der Waals surface area contributed by atoms with E-state index in [0.29, 0.717) is 10.9 Å². The van der Waals surface area contributed by atoms with Crippen molar-refractivity contribution in [1.29, 1.82) is 0 Å². The van der Waals surface area contributed by atoms with E-state index in [2.05, 4.69) is 0 Å². The van der Waals surface area contributed by atoms with Crippen LogP contribution >= 0.6 is 0 Å². The molecule has 19 heavy (non-hydrogen) atoms. The van der Waals surface area contributed by atoms with E-state index < -0.39 is 5.82 Å². The fourth-order valence-electron chi connectivity index (χ4n) is 2.10. The molecule has 0 aliphatic carbocycles. The smallest absolute Gasteiger partial charge is 0.228 e. The predicted molar refractivity (Wildman–Crippen MR) is 70.8 cm³/mol. The monoisotopic (exact) mass is 254 g/mol. The third-order valence-corrected chi connectivity index (χ3v) is 3.11. The number of carbonyl (C=O) groups is 1. The number of benzene rings is 2. The maximum atomic E-state index is 13.5. The summed E-state index contributed by atoms with van der Waals surface area (Å²) in [6.07, 6.45) is 0. The van der Waals surface area contributed by atoms with Crippen molar-refractivity contribution in [3.8, 4) is 0 Å². The lowest BCUT2D eigenvalue weighted by Crippen LogP contribution is -2.01. The van der Waals surface area contributed by atoms with E-state index in [1.165, 1.54) is 6.07 Å². The molecular weight excluding hydrogens is 243 g/mol. The zero-order valence-corrected chi connectivity index (χ0v) is 10.3. The fourth-order valence-corrected chi connectivity index (χ4v) is 2.10. The molecular formula is C16H11FO2. The molecule has 2 aromatic carbocycles. The van der Waals surface area contributed by atoms with Gasteiger partial charge >= 0.3 is 0 Å². The van der Waals surface area contributed by atoms with Crippen molar-refractivity contribution in [2.24, 2.45) is 0 Å². The topological polar surface area (TPSA) is 30.2 Å². The lowest BCUT2D eigenvalue weighted by molar-refractivity contribution is 0.101. The first-order chi connectivity index (χ1) is 9.16. The Labute approximate surface area is 109 Å². The summed E-state index contributed by atoms with van der Waals surface area (Å²) in [6, 6.07) is 13.5. The van der Waals surface area contributed by atoms with Gasteiger partial charge in [-0.1, -0.05) is 36.4 Å². The van der Waals surface area contributed by atoms with Gasteiger partial charge < -0.3 is 4.42 Å². The van der Waals surface area contributed by atoms with Crippen LogP contribution in [0.1, 0.15) is 21.7 Å². The zero-order chi connectivity index (χ0) is 13.4. The number of halogens is 1. The van der Waals surface area contributed by atoms with Crippen molar-refractivity contribution in [3.05, 3.63) is 71.2 Å². The van der Waals surface area contributed by atoms with Crippen LogP contribution in [-0.4, -0.2) is 5.78 Å². The van der Waals surface area contributed by atoms with Crippen LogP contribution in [-0.2, 0) is 0 Å². The van der Waals surface area contributed by atoms with E-state index in [-0.39, 0.29) is 17.1 Å². The first-order valence-electron chi connectivity index (χ1n) is 5.95. The number of aryl methyl sites for hydroxylation is 1. The molecule has 0 N–H and O–H groups in total. The molecule has 0 radical (unpaired) electrons. The summed E-state index contributed by atoms with van der Waals surface area (Å²) in [4.78, 5) is 12.3. The van der Waals surface area contributed by atoms with E-state index in [4.69, 9.17) is 4.42 Å². The van der Waals surface area contributed by atoms with Gasteiger partial charge in [-0.05, 0) is 24.6 Å². The Morgan fingerprint density at radius 3 is 2.63 bits per heavy atom. The average Bonchev–Trinajstić information content (AvgIpc) is 2.84. The average molecular weight is 254 g/mol. The largest absolute Gasteiger partial charge is 0.449 e. The minimum atomic E-state index is -0.457. The lowest BCUT2D eigenvalue weighted by Gasteiger charge is -2.01. The van der Waals surface area contributed by atoms with Crippen LogP contribution in [0, 0.1) is 12.7 Å². The second kappa shape index (κ2) is 4.35. The second-order valence-electron chi connectivity index (χ2n) is 4.41. The minimum absolute atomic E-state index is 0.124. The van der Waals surface area contributed by atoms with E-state index in [9.17, 15) is 9.18 Å². The van der Waals surface area contributed by atoms with Crippen molar-refractivity contribution >= 4 is 16.8 Å². The molecule has 0 bridgehead atoms. The number of rotatable bonds is 2. The summed E-state index contributed by atoms with van der Waals surface area (Å²) in [7, 11) is 0. The van der Waals surface area contributed by atoms with Crippen LogP contribution in [0.15, 0.2) is 52.9 Å². The molecule has 3 heteroatoms. The molecule has 0 aliphatic rings. The maximum Gasteiger partial charge on any atom is 0.228 e. The van der Waals surface area contributed by atoms with Crippen LogP contribution < -0.4 is 0 Å². The fraction of sp³-hybridized carbons (Fsp3) is 0.0625. The highest BCUT2D eigenvalue weighted by atomic mass is 19.1. The van der Waals surface area contributed by atoms with Gasteiger partial charge in [0.2, 0.25) is 5.78 Å². The van der Waals surface area contributed by atoms with Gasteiger partial charge in [-0.2, -0.15) is 0 Å². The van der Waals surface area contributed by atoms with E-state index >= 15 is 0 Å². The Kier molecular flexibility index (Phi) is 2.67. The van der Waals surface area contributed by atoms with Crippen LogP contribution in [0.4, 0.5) is 4.39 Å². The Hall–Kier alpha value is -2.42. The quantitative estimate of drug-likeness (QED) is 0.644. The van der Waals surface area contributed by atoms with Gasteiger partial charge in [-0.15, -0.1) is 0 Å². The van der Waals surface area contributed by atoms with Gasteiger partial charge in [-0.25, -0.2) is 4.39 Å². The molecule has 1 aromatic heterocycles. The number of fused-ring (bicyclic) bond motifs is 1. The third kappa shape index (κ3) is 1.93. The van der Waals surface area contributed by atoms with Crippen LogP contribution in [0.2, 0.25) is 0 Å². The first-order valence-corrected chi connectivity index (χ1v) is 5.95. The summed E-state index contributed by atoms with van der Waals surface area (Å²) < 4.78 is 18.9. The van der Waals surface area contributed by atoms with E-state index in [1.54, 1.807) is 30.3 Å². The molecule has 0 unspecified atom stereocenters. The molecule has 1 heterocycles. The van der Waals surface area contributed by atoms with Crippen LogP contribution in [0.5, 0.6) is 0 Å².